The van der Waals surface area contributed by atoms with Crippen LogP contribution in [0.2, 0.25) is 0 Å². The molecule has 4 N–H and O–H groups in total. The molecule has 0 rings (SSSR count). The quantitative estimate of drug-likeness (QED) is 0.429. The molecule has 0 aliphatic heterocycles. The summed E-state index contributed by atoms with van der Waals surface area (Å²) in [5.74, 6) is -1.13. The van der Waals surface area contributed by atoms with E-state index in [0.717, 1.165) is 0 Å². The van der Waals surface area contributed by atoms with Gasteiger partial charge in [-0.2, -0.15) is 0 Å². The molecular formula is C11H22N4O5. The molecule has 4 amide bonds. The average Bonchev–Trinajstić information content (AvgIpc) is 2.38. The standard InChI is InChI=1S/C11H22N4O5/c1-15(2)11(19)13-6-5-12-10(18)14-8(9(16)17)4-7-20-3/h8H,4-7H2,1-3H3,(H,13,19)(H,16,17)(H2,12,14,18). The first-order valence-electron chi connectivity index (χ1n) is 6.09. The van der Waals surface area contributed by atoms with Gasteiger partial charge in [0.2, 0.25) is 0 Å². The maximum absolute atomic E-state index is 11.5. The minimum atomic E-state index is -1.13. The molecule has 0 aromatic carbocycles. The highest BCUT2D eigenvalue weighted by Gasteiger charge is 2.19. The van der Waals surface area contributed by atoms with E-state index in [9.17, 15) is 14.4 Å². The van der Waals surface area contributed by atoms with Crippen LogP contribution in [0.15, 0.2) is 0 Å². The number of carbonyl (C=O) groups excluding carboxylic acids is 2. The summed E-state index contributed by atoms with van der Waals surface area (Å²) in [7, 11) is 4.65. The third-order valence-corrected chi connectivity index (χ3v) is 2.31. The zero-order valence-corrected chi connectivity index (χ0v) is 11.9. The van der Waals surface area contributed by atoms with Crippen LogP contribution in [-0.2, 0) is 9.53 Å². The molecule has 0 fully saturated rings. The summed E-state index contributed by atoms with van der Waals surface area (Å²) >= 11 is 0. The summed E-state index contributed by atoms with van der Waals surface area (Å²) < 4.78 is 4.76. The van der Waals surface area contributed by atoms with Crippen LogP contribution < -0.4 is 16.0 Å². The molecule has 9 nitrogen and oxygen atoms in total. The van der Waals surface area contributed by atoms with Crippen molar-refractivity contribution in [1.82, 2.24) is 20.9 Å². The molecule has 0 aliphatic rings. The Labute approximate surface area is 117 Å². The molecule has 0 radical (unpaired) electrons. The van der Waals surface area contributed by atoms with Crippen molar-refractivity contribution in [3.8, 4) is 0 Å². The van der Waals surface area contributed by atoms with Gasteiger partial charge in [0.1, 0.15) is 6.04 Å². The lowest BCUT2D eigenvalue weighted by Crippen LogP contribution is -2.48. The minimum Gasteiger partial charge on any atom is -0.480 e. The lowest BCUT2D eigenvalue weighted by molar-refractivity contribution is -0.139. The second-order valence-corrected chi connectivity index (χ2v) is 4.20. The fourth-order valence-electron chi connectivity index (χ4n) is 1.21. The molecule has 0 heterocycles. The van der Waals surface area contributed by atoms with Crippen molar-refractivity contribution in [2.24, 2.45) is 0 Å². The summed E-state index contributed by atoms with van der Waals surface area (Å²) in [6.45, 7) is 0.679. The second kappa shape index (κ2) is 9.84. The van der Waals surface area contributed by atoms with Crippen LogP contribution >= 0.6 is 0 Å². The van der Waals surface area contributed by atoms with Crippen LogP contribution in [0.4, 0.5) is 9.59 Å². The Kier molecular flexibility index (Phi) is 8.84. The summed E-state index contributed by atoms with van der Waals surface area (Å²) in [5.41, 5.74) is 0. The molecule has 20 heavy (non-hydrogen) atoms. The van der Waals surface area contributed by atoms with E-state index in [1.54, 1.807) is 14.1 Å². The first kappa shape index (κ1) is 18.0. The number of nitrogens with one attached hydrogen (secondary N) is 3. The number of carboxylic acid groups (broad SMARTS) is 1. The number of carboxylic acids is 1. The van der Waals surface area contributed by atoms with Crippen LogP contribution in [0.5, 0.6) is 0 Å². The zero-order chi connectivity index (χ0) is 15.5. The van der Waals surface area contributed by atoms with Crippen molar-refractivity contribution in [3.63, 3.8) is 0 Å². The van der Waals surface area contributed by atoms with Gasteiger partial charge in [-0.15, -0.1) is 0 Å². The van der Waals surface area contributed by atoms with Crippen LogP contribution in [0.3, 0.4) is 0 Å². The number of nitrogens with zero attached hydrogens (tertiary/aromatic N) is 1. The number of ether oxygens (including phenoxy) is 1. The largest absolute Gasteiger partial charge is 0.480 e. The van der Waals surface area contributed by atoms with E-state index in [1.807, 2.05) is 0 Å². The third kappa shape index (κ3) is 8.14. The molecule has 0 saturated carbocycles. The number of urea groups is 2. The van der Waals surface area contributed by atoms with Gasteiger partial charge in [0.25, 0.3) is 0 Å². The predicted octanol–water partition coefficient (Wildman–Crippen LogP) is -0.953. The topological polar surface area (TPSA) is 120 Å². The number of amides is 4. The van der Waals surface area contributed by atoms with Crippen molar-refractivity contribution < 1.29 is 24.2 Å². The number of rotatable bonds is 8. The summed E-state index contributed by atoms with van der Waals surface area (Å²) in [6.07, 6.45) is 0.177. The smallest absolute Gasteiger partial charge is 0.326 e. The Morgan fingerprint density at radius 1 is 1.20 bits per heavy atom. The monoisotopic (exact) mass is 290 g/mol. The second-order valence-electron chi connectivity index (χ2n) is 4.20. The van der Waals surface area contributed by atoms with Crippen LogP contribution in [0.25, 0.3) is 0 Å². The lowest BCUT2D eigenvalue weighted by atomic mass is 10.2. The number of carbonyl (C=O) groups is 3. The number of aliphatic carboxylic acids is 1. The summed E-state index contributed by atoms with van der Waals surface area (Å²) in [5, 5.41) is 16.2. The SMILES string of the molecule is COCCC(NC(=O)NCCNC(=O)N(C)C)C(=O)O. The van der Waals surface area contributed by atoms with E-state index in [-0.39, 0.29) is 32.1 Å². The number of methoxy groups -OCH3 is 1. The Morgan fingerprint density at radius 2 is 1.80 bits per heavy atom. The maximum Gasteiger partial charge on any atom is 0.326 e. The zero-order valence-electron chi connectivity index (χ0n) is 11.9. The Morgan fingerprint density at radius 3 is 2.30 bits per heavy atom. The van der Waals surface area contributed by atoms with Crippen LogP contribution in [-0.4, -0.2) is 75.0 Å². The van der Waals surface area contributed by atoms with Gasteiger partial charge < -0.3 is 30.7 Å². The highest BCUT2D eigenvalue weighted by atomic mass is 16.5. The summed E-state index contributed by atoms with van der Waals surface area (Å²) in [4.78, 5) is 34.9. The van der Waals surface area contributed by atoms with Crippen LogP contribution in [0.1, 0.15) is 6.42 Å². The first-order chi connectivity index (χ1) is 9.38. The van der Waals surface area contributed by atoms with E-state index in [1.165, 1.54) is 12.0 Å². The fraction of sp³-hybridized carbons (Fsp3) is 0.727. The third-order valence-electron chi connectivity index (χ3n) is 2.31. The van der Waals surface area contributed by atoms with E-state index < -0.39 is 18.0 Å². The highest BCUT2D eigenvalue weighted by Crippen LogP contribution is 1.92. The molecule has 1 atom stereocenters. The van der Waals surface area contributed by atoms with Crippen molar-refractivity contribution >= 4 is 18.0 Å². The van der Waals surface area contributed by atoms with E-state index in [0.29, 0.717) is 0 Å². The Balaban J connectivity index is 3.90. The van der Waals surface area contributed by atoms with Crippen molar-refractivity contribution in [1.29, 1.82) is 0 Å². The molecule has 116 valence electrons. The molecule has 0 aromatic rings. The molecule has 0 saturated heterocycles. The van der Waals surface area contributed by atoms with Crippen molar-refractivity contribution in [2.75, 3.05) is 40.9 Å². The maximum atomic E-state index is 11.5. The Hall–Kier alpha value is -2.03. The fourth-order valence-corrected chi connectivity index (χ4v) is 1.21. The summed E-state index contributed by atoms with van der Waals surface area (Å²) in [6, 6.07) is -1.88. The van der Waals surface area contributed by atoms with E-state index in [4.69, 9.17) is 9.84 Å². The number of hydrogen-bond acceptors (Lipinski definition) is 4. The molecule has 0 spiro atoms. The van der Waals surface area contributed by atoms with Gasteiger partial charge in [0, 0.05) is 47.3 Å². The molecular weight excluding hydrogens is 268 g/mol. The molecule has 9 heteroatoms. The average molecular weight is 290 g/mol. The van der Waals surface area contributed by atoms with Crippen molar-refractivity contribution in [3.05, 3.63) is 0 Å². The Bertz CT molecular complexity index is 335. The van der Waals surface area contributed by atoms with Gasteiger partial charge in [-0.3, -0.25) is 0 Å². The molecule has 0 bridgehead atoms. The normalized spacial score (nSPS) is 11.3. The molecule has 1 unspecified atom stereocenters. The van der Waals surface area contributed by atoms with Gasteiger partial charge in [0.15, 0.2) is 0 Å². The van der Waals surface area contributed by atoms with Gasteiger partial charge in [-0.25, -0.2) is 14.4 Å². The highest BCUT2D eigenvalue weighted by molar-refractivity contribution is 5.82. The first-order valence-corrected chi connectivity index (χ1v) is 6.09. The van der Waals surface area contributed by atoms with Gasteiger partial charge in [0.05, 0.1) is 0 Å². The molecule has 0 aliphatic carbocycles. The number of hydrogen-bond donors (Lipinski definition) is 4. The lowest BCUT2D eigenvalue weighted by Gasteiger charge is -2.15. The van der Waals surface area contributed by atoms with Crippen LogP contribution in [0, 0.1) is 0 Å². The van der Waals surface area contributed by atoms with E-state index in [2.05, 4.69) is 16.0 Å². The van der Waals surface area contributed by atoms with E-state index >= 15 is 0 Å². The minimum absolute atomic E-state index is 0.177. The van der Waals surface area contributed by atoms with Gasteiger partial charge >= 0.3 is 18.0 Å². The van der Waals surface area contributed by atoms with Crippen molar-refractivity contribution in [2.45, 2.75) is 12.5 Å². The van der Waals surface area contributed by atoms with Gasteiger partial charge in [-0.1, -0.05) is 0 Å². The van der Waals surface area contributed by atoms with Gasteiger partial charge in [-0.05, 0) is 0 Å². The predicted molar refractivity (Wildman–Crippen MR) is 71.5 cm³/mol. The molecule has 0 aromatic heterocycles.